The van der Waals surface area contributed by atoms with Crippen molar-refractivity contribution in [2.75, 3.05) is 0 Å². The third-order valence-corrected chi connectivity index (χ3v) is 4.52. The first kappa shape index (κ1) is 10.0. The lowest BCUT2D eigenvalue weighted by Gasteiger charge is -1.98. The van der Waals surface area contributed by atoms with Crippen LogP contribution in [-0.2, 0) is 12.8 Å². The minimum Gasteiger partial charge on any atom is -0.305 e. The van der Waals surface area contributed by atoms with E-state index in [-0.39, 0.29) is 5.56 Å². The largest absolute Gasteiger partial charge is 0.305 e. The molecule has 1 aliphatic carbocycles. The van der Waals surface area contributed by atoms with Crippen molar-refractivity contribution in [1.82, 2.24) is 20.2 Å². The highest BCUT2D eigenvalue weighted by Crippen LogP contribution is 2.34. The Bertz CT molecular complexity index is 784. The van der Waals surface area contributed by atoms with E-state index in [4.69, 9.17) is 0 Å². The van der Waals surface area contributed by atoms with Crippen LogP contribution in [0.4, 0.5) is 0 Å². The third-order valence-electron chi connectivity index (χ3n) is 3.33. The molecule has 0 atom stereocenters. The van der Waals surface area contributed by atoms with E-state index < -0.39 is 0 Å². The van der Waals surface area contributed by atoms with Gasteiger partial charge in [0.15, 0.2) is 5.82 Å². The second-order valence-electron chi connectivity index (χ2n) is 4.42. The molecule has 0 saturated heterocycles. The van der Waals surface area contributed by atoms with Gasteiger partial charge < -0.3 is 4.98 Å². The van der Waals surface area contributed by atoms with Gasteiger partial charge in [0.25, 0.3) is 5.56 Å². The lowest BCUT2D eigenvalue weighted by molar-refractivity contribution is 0.916. The fourth-order valence-electron chi connectivity index (χ4n) is 2.52. The zero-order valence-electron chi connectivity index (χ0n) is 9.49. The van der Waals surface area contributed by atoms with Gasteiger partial charge in [-0.15, -0.1) is 11.3 Å². The standard InChI is InChI=1S/C12H10N4OS/c17-11-9-6-2-1-3-8(6)18-12(9)15-10(14-11)7-4-5-13-16-7/h4-5H,1-3H2,(H,13,16)(H,14,15,17). The minimum atomic E-state index is -0.0380. The maximum absolute atomic E-state index is 12.2. The van der Waals surface area contributed by atoms with Crippen LogP contribution < -0.4 is 5.56 Å². The maximum atomic E-state index is 12.2. The molecule has 0 bridgehead atoms. The molecule has 0 amide bonds. The van der Waals surface area contributed by atoms with Crippen molar-refractivity contribution in [3.8, 4) is 11.5 Å². The van der Waals surface area contributed by atoms with Crippen LogP contribution in [0.5, 0.6) is 0 Å². The van der Waals surface area contributed by atoms with Gasteiger partial charge in [-0.3, -0.25) is 9.89 Å². The normalized spacial score (nSPS) is 14.2. The topological polar surface area (TPSA) is 74.4 Å². The molecule has 4 rings (SSSR count). The number of H-pyrrole nitrogens is 2. The summed E-state index contributed by atoms with van der Waals surface area (Å²) in [5.41, 5.74) is 1.91. The van der Waals surface area contributed by atoms with Crippen LogP contribution in [0.15, 0.2) is 17.1 Å². The zero-order valence-corrected chi connectivity index (χ0v) is 10.3. The van der Waals surface area contributed by atoms with Crippen LogP contribution in [0.2, 0.25) is 0 Å². The Balaban J connectivity index is 2.03. The molecular formula is C12H10N4OS. The van der Waals surface area contributed by atoms with Crippen LogP contribution in [0.1, 0.15) is 16.9 Å². The number of thiophene rings is 1. The maximum Gasteiger partial charge on any atom is 0.260 e. The zero-order chi connectivity index (χ0) is 12.1. The van der Waals surface area contributed by atoms with Crippen LogP contribution in [0.3, 0.4) is 0 Å². The molecule has 0 spiro atoms. The summed E-state index contributed by atoms with van der Waals surface area (Å²) in [4.78, 5) is 21.7. The SMILES string of the molecule is O=c1[nH]c(-c2ccn[nH]2)nc2sc3c(c12)CCC3. The van der Waals surface area contributed by atoms with E-state index >= 15 is 0 Å². The fraction of sp³-hybridized carbons (Fsp3) is 0.250. The summed E-state index contributed by atoms with van der Waals surface area (Å²) >= 11 is 1.65. The van der Waals surface area contributed by atoms with Crippen LogP contribution in [0.25, 0.3) is 21.7 Å². The van der Waals surface area contributed by atoms with Crippen molar-refractivity contribution < 1.29 is 0 Å². The molecular weight excluding hydrogens is 248 g/mol. The molecule has 0 radical (unpaired) electrons. The smallest absolute Gasteiger partial charge is 0.260 e. The number of nitrogens with one attached hydrogen (secondary N) is 2. The molecule has 0 aliphatic heterocycles. The Kier molecular flexibility index (Phi) is 1.96. The number of nitrogens with zero attached hydrogens (tertiary/aromatic N) is 2. The van der Waals surface area contributed by atoms with E-state index in [9.17, 15) is 4.79 Å². The van der Waals surface area contributed by atoms with Crippen molar-refractivity contribution in [2.24, 2.45) is 0 Å². The molecule has 90 valence electrons. The highest BCUT2D eigenvalue weighted by Gasteiger charge is 2.21. The van der Waals surface area contributed by atoms with E-state index in [2.05, 4.69) is 20.2 Å². The molecule has 3 aromatic rings. The van der Waals surface area contributed by atoms with E-state index in [0.717, 1.165) is 35.2 Å². The summed E-state index contributed by atoms with van der Waals surface area (Å²) in [6, 6.07) is 1.80. The van der Waals surface area contributed by atoms with Gasteiger partial charge in [-0.1, -0.05) is 0 Å². The van der Waals surface area contributed by atoms with E-state index in [1.807, 2.05) is 0 Å². The van der Waals surface area contributed by atoms with Crippen LogP contribution >= 0.6 is 11.3 Å². The van der Waals surface area contributed by atoms with Crippen molar-refractivity contribution >= 4 is 21.6 Å². The number of aromatic amines is 2. The quantitative estimate of drug-likeness (QED) is 0.699. The van der Waals surface area contributed by atoms with Gasteiger partial charge in [-0.05, 0) is 30.9 Å². The Labute approximate surface area is 106 Å². The molecule has 5 nitrogen and oxygen atoms in total. The first-order chi connectivity index (χ1) is 8.83. The monoisotopic (exact) mass is 258 g/mol. The minimum absolute atomic E-state index is 0.0380. The predicted octanol–water partition coefficient (Wildman–Crippen LogP) is 1.86. The summed E-state index contributed by atoms with van der Waals surface area (Å²) in [6.07, 6.45) is 4.88. The number of hydrogen-bond acceptors (Lipinski definition) is 4. The number of aryl methyl sites for hydroxylation is 2. The van der Waals surface area contributed by atoms with Crippen molar-refractivity contribution in [2.45, 2.75) is 19.3 Å². The van der Waals surface area contributed by atoms with Gasteiger partial charge >= 0.3 is 0 Å². The molecule has 3 aromatic heterocycles. The Morgan fingerprint density at radius 2 is 2.28 bits per heavy atom. The number of aromatic nitrogens is 4. The van der Waals surface area contributed by atoms with Gasteiger partial charge in [-0.25, -0.2) is 4.98 Å². The summed E-state index contributed by atoms with van der Waals surface area (Å²) in [6.45, 7) is 0. The van der Waals surface area contributed by atoms with Gasteiger partial charge in [0.2, 0.25) is 0 Å². The number of rotatable bonds is 1. The average molecular weight is 258 g/mol. The molecule has 0 saturated carbocycles. The lowest BCUT2D eigenvalue weighted by atomic mass is 10.2. The Morgan fingerprint density at radius 3 is 3.11 bits per heavy atom. The van der Waals surface area contributed by atoms with Gasteiger partial charge in [-0.2, -0.15) is 5.10 Å². The molecule has 3 heterocycles. The van der Waals surface area contributed by atoms with Gasteiger partial charge in [0, 0.05) is 11.1 Å². The van der Waals surface area contributed by atoms with Crippen molar-refractivity contribution in [1.29, 1.82) is 0 Å². The lowest BCUT2D eigenvalue weighted by Crippen LogP contribution is -2.09. The second-order valence-corrected chi connectivity index (χ2v) is 5.51. The van der Waals surface area contributed by atoms with Crippen molar-refractivity contribution in [3.05, 3.63) is 33.1 Å². The van der Waals surface area contributed by atoms with E-state index in [0.29, 0.717) is 5.82 Å². The van der Waals surface area contributed by atoms with Crippen LogP contribution in [0, 0.1) is 0 Å². The van der Waals surface area contributed by atoms with E-state index in [1.165, 1.54) is 10.4 Å². The molecule has 0 fully saturated rings. The molecule has 1 aliphatic rings. The number of fused-ring (bicyclic) bond motifs is 3. The third kappa shape index (κ3) is 1.29. The predicted molar refractivity (Wildman–Crippen MR) is 69.8 cm³/mol. The average Bonchev–Trinajstić information content (AvgIpc) is 3.04. The van der Waals surface area contributed by atoms with Gasteiger partial charge in [0.05, 0.1) is 5.39 Å². The molecule has 6 heteroatoms. The summed E-state index contributed by atoms with van der Waals surface area (Å²) in [5.74, 6) is 0.560. The Hall–Kier alpha value is -1.95. The fourth-order valence-corrected chi connectivity index (χ4v) is 3.78. The summed E-state index contributed by atoms with van der Waals surface area (Å²) < 4.78 is 0. The summed E-state index contributed by atoms with van der Waals surface area (Å²) in [7, 11) is 0. The number of hydrogen-bond donors (Lipinski definition) is 2. The van der Waals surface area contributed by atoms with Crippen molar-refractivity contribution in [3.63, 3.8) is 0 Å². The van der Waals surface area contributed by atoms with Crippen LogP contribution in [-0.4, -0.2) is 20.2 Å². The molecule has 2 N–H and O–H groups in total. The molecule has 0 unspecified atom stereocenters. The first-order valence-corrected chi connectivity index (χ1v) is 6.69. The molecule has 18 heavy (non-hydrogen) atoms. The summed E-state index contributed by atoms with van der Waals surface area (Å²) in [5, 5.41) is 7.48. The second kappa shape index (κ2) is 3.52. The first-order valence-electron chi connectivity index (χ1n) is 5.87. The Morgan fingerprint density at radius 1 is 1.33 bits per heavy atom. The van der Waals surface area contributed by atoms with E-state index in [1.54, 1.807) is 23.6 Å². The van der Waals surface area contributed by atoms with Gasteiger partial charge in [0.1, 0.15) is 10.5 Å². The highest BCUT2D eigenvalue weighted by atomic mass is 32.1. The molecule has 0 aromatic carbocycles. The highest BCUT2D eigenvalue weighted by molar-refractivity contribution is 7.18.